The van der Waals surface area contributed by atoms with E-state index < -0.39 is 11.0 Å². The Hall–Kier alpha value is -2.39. The number of nitrogens with zero attached hydrogens (tertiary/aromatic N) is 3. The number of hydrogen-bond acceptors (Lipinski definition) is 6. The van der Waals surface area contributed by atoms with Crippen LogP contribution in [0.1, 0.15) is 99.5 Å². The molecular weight excluding hydrogens is 676 g/mol. The number of unbranched alkanes of at least 4 members (excludes halogenated alkanes) is 1. The zero-order valence-electron chi connectivity index (χ0n) is 31.0. The van der Waals surface area contributed by atoms with E-state index in [1.807, 2.05) is 31.2 Å². The van der Waals surface area contributed by atoms with Crippen molar-refractivity contribution in [3.63, 3.8) is 0 Å². The molecule has 7 nitrogen and oxygen atoms in total. The molecule has 8 unspecified atom stereocenters. The highest BCUT2D eigenvalue weighted by molar-refractivity contribution is 7.84. The first-order valence-corrected chi connectivity index (χ1v) is 21.5. The molecule has 0 aromatic heterocycles. The Morgan fingerprint density at radius 3 is 2.71 bits per heavy atom. The molecule has 1 amide bonds. The van der Waals surface area contributed by atoms with Gasteiger partial charge in [0.15, 0.2) is 0 Å². The van der Waals surface area contributed by atoms with Crippen LogP contribution in [0, 0.1) is 23.7 Å². The van der Waals surface area contributed by atoms with Crippen LogP contribution in [-0.2, 0) is 17.4 Å². The van der Waals surface area contributed by atoms with E-state index in [9.17, 15) is 9.00 Å². The van der Waals surface area contributed by atoms with Crippen molar-refractivity contribution in [3.8, 4) is 5.75 Å². The fraction of sp³-hybridized carbons (Fsp3) is 0.643. The molecule has 8 atom stereocenters. The van der Waals surface area contributed by atoms with Crippen LogP contribution in [0.4, 0.5) is 5.69 Å². The minimum atomic E-state index is -1.49. The predicted molar refractivity (Wildman–Crippen MR) is 210 cm³/mol. The van der Waals surface area contributed by atoms with Crippen LogP contribution in [0.5, 0.6) is 5.75 Å². The van der Waals surface area contributed by atoms with E-state index in [2.05, 4.69) is 57.6 Å². The van der Waals surface area contributed by atoms with Crippen molar-refractivity contribution in [1.82, 2.24) is 14.5 Å². The number of fused-ring (bicyclic) bond motifs is 3. The molecule has 3 fully saturated rings. The number of carbonyl (C=O) groups is 1. The summed E-state index contributed by atoms with van der Waals surface area (Å²) in [5.41, 5.74) is 4.13. The molecule has 0 spiro atoms. The predicted octanol–water partition coefficient (Wildman–Crippen LogP) is 7.86. The SMILES string of the molecule is CCCCc1cc(Cl)ccc1C1COc2ccc3cc2N(C1)CC1CCC1C(CN1CCN2CCCCC2C1)/C=C/CC(C)C(C)S(=O)NC3=O. The Labute approximate surface area is 314 Å². The third kappa shape index (κ3) is 8.55. The van der Waals surface area contributed by atoms with Crippen LogP contribution in [-0.4, -0.2) is 83.6 Å². The number of allylic oxidation sites excluding steroid dienone is 1. The first kappa shape index (κ1) is 36.9. The number of piperazine rings is 1. The summed E-state index contributed by atoms with van der Waals surface area (Å²) >= 11 is 6.54. The van der Waals surface area contributed by atoms with E-state index in [1.54, 1.807) is 0 Å². The lowest BCUT2D eigenvalue weighted by Gasteiger charge is -2.48. The second-order valence-corrected chi connectivity index (χ2v) is 18.2. The molecule has 2 bridgehead atoms. The summed E-state index contributed by atoms with van der Waals surface area (Å²) in [5, 5.41) is 0.620. The zero-order valence-corrected chi connectivity index (χ0v) is 32.6. The topological polar surface area (TPSA) is 65.1 Å². The van der Waals surface area contributed by atoms with E-state index in [0.717, 1.165) is 68.3 Å². The van der Waals surface area contributed by atoms with Crippen molar-refractivity contribution < 1.29 is 13.7 Å². The van der Waals surface area contributed by atoms with Gasteiger partial charge < -0.3 is 9.64 Å². The maximum Gasteiger partial charge on any atom is 0.263 e. The molecule has 0 radical (unpaired) electrons. The average molecular weight is 735 g/mol. The molecule has 7 rings (SSSR count). The number of benzene rings is 2. The molecule has 5 aliphatic rings. The lowest BCUT2D eigenvalue weighted by molar-refractivity contribution is 0.0283. The van der Waals surface area contributed by atoms with Crippen molar-refractivity contribution >= 4 is 34.2 Å². The largest absolute Gasteiger partial charge is 0.491 e. The zero-order chi connectivity index (χ0) is 35.5. The van der Waals surface area contributed by atoms with Crippen LogP contribution in [0.3, 0.4) is 0 Å². The Morgan fingerprint density at radius 1 is 1.00 bits per heavy atom. The van der Waals surface area contributed by atoms with Crippen molar-refractivity contribution in [1.29, 1.82) is 0 Å². The van der Waals surface area contributed by atoms with Gasteiger partial charge in [0.05, 0.1) is 17.5 Å². The van der Waals surface area contributed by atoms with E-state index in [1.165, 1.54) is 62.9 Å². The summed E-state index contributed by atoms with van der Waals surface area (Å²) in [4.78, 5) is 21.6. The first-order valence-electron chi connectivity index (χ1n) is 19.9. The highest BCUT2D eigenvalue weighted by Gasteiger charge is 2.40. The van der Waals surface area contributed by atoms with Crippen LogP contribution in [0.15, 0.2) is 48.6 Å². The lowest BCUT2D eigenvalue weighted by atomic mass is 9.66. The van der Waals surface area contributed by atoms with E-state index in [0.29, 0.717) is 36.0 Å². The van der Waals surface area contributed by atoms with Crippen molar-refractivity contribution in [3.05, 3.63) is 70.3 Å². The minimum absolute atomic E-state index is 0.163. The number of halogens is 1. The number of nitrogens with one attached hydrogen (secondary N) is 1. The van der Waals surface area contributed by atoms with Crippen LogP contribution >= 0.6 is 11.6 Å². The Bertz CT molecular complexity index is 1590. The van der Waals surface area contributed by atoms with Gasteiger partial charge in [-0.25, -0.2) is 4.21 Å². The van der Waals surface area contributed by atoms with Gasteiger partial charge in [0.2, 0.25) is 0 Å². The van der Waals surface area contributed by atoms with Gasteiger partial charge in [0.25, 0.3) is 5.91 Å². The molecule has 4 aliphatic heterocycles. The van der Waals surface area contributed by atoms with E-state index in [-0.39, 0.29) is 23.0 Å². The summed E-state index contributed by atoms with van der Waals surface area (Å²) < 4.78 is 22.9. The second kappa shape index (κ2) is 16.7. The summed E-state index contributed by atoms with van der Waals surface area (Å²) in [6.45, 7) is 14.6. The quantitative estimate of drug-likeness (QED) is 0.305. The van der Waals surface area contributed by atoms with Crippen LogP contribution in [0.25, 0.3) is 0 Å². The minimum Gasteiger partial charge on any atom is -0.491 e. The number of anilines is 1. The molecule has 1 saturated carbocycles. The molecule has 2 aromatic rings. The number of rotatable bonds is 6. The molecule has 1 N–H and O–H groups in total. The third-order valence-electron chi connectivity index (χ3n) is 12.9. The van der Waals surface area contributed by atoms with Gasteiger partial charge in [0.1, 0.15) is 16.7 Å². The van der Waals surface area contributed by atoms with Gasteiger partial charge in [-0.15, -0.1) is 0 Å². The summed E-state index contributed by atoms with van der Waals surface area (Å²) in [5.74, 6) is 2.52. The van der Waals surface area contributed by atoms with Gasteiger partial charge in [-0.2, -0.15) is 0 Å². The summed E-state index contributed by atoms with van der Waals surface area (Å²) in [6, 6.07) is 12.9. The number of aryl methyl sites for hydroxylation is 1. The van der Waals surface area contributed by atoms with Gasteiger partial charge >= 0.3 is 0 Å². The van der Waals surface area contributed by atoms with Gasteiger partial charge in [-0.05, 0) is 124 Å². The third-order valence-corrected chi connectivity index (χ3v) is 14.6. The van der Waals surface area contributed by atoms with Gasteiger partial charge in [0, 0.05) is 61.8 Å². The van der Waals surface area contributed by atoms with Gasteiger partial charge in [-0.1, -0.05) is 56.5 Å². The van der Waals surface area contributed by atoms with Crippen molar-refractivity contribution in [2.75, 3.05) is 57.3 Å². The molecule has 9 heteroatoms. The van der Waals surface area contributed by atoms with Gasteiger partial charge in [-0.3, -0.25) is 19.3 Å². The molecule has 2 aromatic carbocycles. The number of hydrogen-bond donors (Lipinski definition) is 1. The van der Waals surface area contributed by atoms with E-state index >= 15 is 0 Å². The molecule has 278 valence electrons. The molecule has 2 saturated heterocycles. The maximum absolute atomic E-state index is 13.6. The molecule has 4 heterocycles. The fourth-order valence-electron chi connectivity index (χ4n) is 9.36. The normalized spacial score (nSPS) is 32.8. The number of amides is 1. The summed E-state index contributed by atoms with van der Waals surface area (Å²) in [7, 11) is -1.49. The highest BCUT2D eigenvalue weighted by Crippen LogP contribution is 2.45. The lowest BCUT2D eigenvalue weighted by Crippen LogP contribution is -2.56. The molecule has 51 heavy (non-hydrogen) atoms. The van der Waals surface area contributed by atoms with Crippen molar-refractivity contribution in [2.24, 2.45) is 23.7 Å². The van der Waals surface area contributed by atoms with Crippen molar-refractivity contribution in [2.45, 2.75) is 95.8 Å². The number of ether oxygens (including phenoxy) is 1. The molecular formula is C42H59ClN4O3S. The monoisotopic (exact) mass is 734 g/mol. The first-order chi connectivity index (χ1) is 24.8. The Balaban J connectivity index is 1.20. The summed E-state index contributed by atoms with van der Waals surface area (Å²) in [6.07, 6.45) is 15.5. The fourth-order valence-corrected chi connectivity index (χ4v) is 10.6. The number of carbonyl (C=O) groups excluding carboxylic acids is 1. The Kier molecular flexibility index (Phi) is 12.1. The second-order valence-electron chi connectivity index (χ2n) is 16.2. The van der Waals surface area contributed by atoms with E-state index in [4.69, 9.17) is 16.3 Å². The molecule has 1 aliphatic carbocycles. The average Bonchev–Trinajstić information content (AvgIpc) is 3.30. The number of piperidine rings is 1. The Morgan fingerprint density at radius 2 is 1.88 bits per heavy atom. The smallest absolute Gasteiger partial charge is 0.263 e. The van der Waals surface area contributed by atoms with Crippen LogP contribution < -0.4 is 14.4 Å². The highest BCUT2D eigenvalue weighted by atomic mass is 35.5. The standard InChI is InChI=1S/C42H59ClN4O3S/c1-4-5-10-31-22-36(43)15-17-38(31)35-26-47-25-34-13-16-39(34)33(24-45-20-21-46-19-7-6-12-37(46)27-45)11-8-9-29(2)30(3)51(49)44-42(48)32-14-18-41(50-28-35)40(47)23-32/h8,11,14-15,17-18,22-23,29-30,33-35,37,39H,4-7,9-10,12-13,16,19-21,24-28H2,1-3H3,(H,44,48)/b11-8+. The maximum atomic E-state index is 13.6. The van der Waals surface area contributed by atoms with Crippen LogP contribution in [0.2, 0.25) is 5.02 Å².